The number of amides is 1. The Bertz CT molecular complexity index is 1280. The number of aromatic nitrogens is 2. The van der Waals surface area contributed by atoms with Crippen molar-refractivity contribution in [3.63, 3.8) is 0 Å². The van der Waals surface area contributed by atoms with Gasteiger partial charge in [-0.15, -0.1) is 0 Å². The third-order valence-corrected chi connectivity index (χ3v) is 8.39. The molecule has 2 aromatic rings. The molecule has 1 aromatic carbocycles. The second-order valence-corrected chi connectivity index (χ2v) is 11.0. The summed E-state index contributed by atoms with van der Waals surface area (Å²) in [4.78, 5) is 30.6. The number of likely N-dealkylation sites (tertiary alicyclic amines) is 1. The molecule has 4 heterocycles. The largest absolute Gasteiger partial charge is 0.462 e. The molecule has 2 saturated heterocycles. The van der Waals surface area contributed by atoms with E-state index in [9.17, 15) is 14.4 Å². The number of anilines is 2. The minimum absolute atomic E-state index is 0.165. The van der Waals surface area contributed by atoms with E-state index in [2.05, 4.69) is 34.4 Å². The predicted molar refractivity (Wildman–Crippen MR) is 152 cm³/mol. The first-order chi connectivity index (χ1) is 19.4. The molecule has 3 aliphatic heterocycles. The van der Waals surface area contributed by atoms with E-state index in [1.165, 1.54) is 12.1 Å². The van der Waals surface area contributed by atoms with Crippen LogP contribution in [0.3, 0.4) is 0 Å². The van der Waals surface area contributed by atoms with Gasteiger partial charge < -0.3 is 24.3 Å². The van der Waals surface area contributed by atoms with Crippen LogP contribution in [-0.4, -0.2) is 84.1 Å². The lowest BCUT2D eigenvalue weighted by Crippen LogP contribution is -2.55. The van der Waals surface area contributed by atoms with Gasteiger partial charge in [-0.3, -0.25) is 4.79 Å². The van der Waals surface area contributed by atoms with Gasteiger partial charge in [-0.1, -0.05) is 18.7 Å². The normalized spacial score (nSPS) is 21.5. The van der Waals surface area contributed by atoms with Gasteiger partial charge >= 0.3 is 6.01 Å². The molecule has 1 aromatic heterocycles. The average Bonchev–Trinajstić information content (AvgIpc) is 3.24. The summed E-state index contributed by atoms with van der Waals surface area (Å²) in [6.07, 6.45) is 5.31. The third kappa shape index (κ3) is 5.75. The van der Waals surface area contributed by atoms with Gasteiger partial charge in [-0.25, -0.2) is 4.39 Å². The summed E-state index contributed by atoms with van der Waals surface area (Å²) < 4.78 is 21.2. The Kier molecular flexibility index (Phi) is 8.50. The first-order valence-corrected chi connectivity index (χ1v) is 14.2. The van der Waals surface area contributed by atoms with Gasteiger partial charge in [0.1, 0.15) is 18.2 Å². The minimum Gasteiger partial charge on any atom is -0.462 e. The van der Waals surface area contributed by atoms with Crippen molar-refractivity contribution in [3.8, 4) is 12.1 Å². The van der Waals surface area contributed by atoms with Crippen molar-refractivity contribution in [2.75, 3.05) is 56.2 Å². The highest BCUT2D eigenvalue weighted by molar-refractivity contribution is 5.87. The highest BCUT2D eigenvalue weighted by Gasteiger charge is 2.33. The molecule has 1 amide bonds. The molecule has 2 fully saturated rings. The number of hydrogen-bond donors (Lipinski definition) is 0. The number of para-hydroxylation sites is 1. The summed E-state index contributed by atoms with van der Waals surface area (Å²) in [5.74, 6) is 0.392. The van der Waals surface area contributed by atoms with Crippen LogP contribution < -0.4 is 14.5 Å². The summed E-state index contributed by atoms with van der Waals surface area (Å²) in [6.45, 7) is 9.79. The molecule has 0 spiro atoms. The molecule has 40 heavy (non-hydrogen) atoms. The minimum atomic E-state index is -0.269. The molecule has 0 unspecified atom stereocenters. The number of ether oxygens (including phenoxy) is 1. The molecule has 0 aliphatic carbocycles. The fraction of sp³-hybridized carbons (Fsp3) is 0.533. The van der Waals surface area contributed by atoms with Crippen LogP contribution in [-0.2, 0) is 17.8 Å². The predicted octanol–water partition coefficient (Wildman–Crippen LogP) is 3.47. The van der Waals surface area contributed by atoms with Gasteiger partial charge in [0, 0.05) is 37.8 Å². The Hall–Kier alpha value is -3.71. The van der Waals surface area contributed by atoms with Crippen molar-refractivity contribution in [2.24, 2.45) is 0 Å². The molecule has 10 heteroatoms. The molecule has 212 valence electrons. The maximum atomic E-state index is 15.0. The lowest BCUT2D eigenvalue weighted by Gasteiger charge is -2.41. The van der Waals surface area contributed by atoms with Crippen LogP contribution in [0.25, 0.3) is 0 Å². The van der Waals surface area contributed by atoms with Crippen molar-refractivity contribution >= 4 is 17.4 Å². The van der Waals surface area contributed by atoms with Crippen LogP contribution >= 0.6 is 0 Å². The molecule has 3 aliphatic rings. The summed E-state index contributed by atoms with van der Waals surface area (Å²) in [6, 6.07) is 7.78. The van der Waals surface area contributed by atoms with E-state index in [1.54, 1.807) is 11.0 Å². The van der Waals surface area contributed by atoms with Crippen LogP contribution in [0, 0.1) is 24.1 Å². The summed E-state index contributed by atoms with van der Waals surface area (Å²) >= 11 is 0. The van der Waals surface area contributed by atoms with Crippen molar-refractivity contribution < 1.29 is 13.9 Å². The first kappa shape index (κ1) is 27.8. The smallest absolute Gasteiger partial charge is 0.318 e. The SMILES string of the molecule is C=CC(=O)N1CCN(c2nc(OC[C@@H]3CCCN3C)nc3c2CCCN(c2c(C)cccc2F)C3)C[C@@H]1CC#N. The van der Waals surface area contributed by atoms with E-state index in [1.807, 2.05) is 13.0 Å². The number of nitriles is 1. The Morgan fingerprint density at radius 1 is 1.20 bits per heavy atom. The molecule has 9 nitrogen and oxygen atoms in total. The molecule has 0 saturated carbocycles. The highest BCUT2D eigenvalue weighted by Crippen LogP contribution is 2.34. The maximum Gasteiger partial charge on any atom is 0.318 e. The van der Waals surface area contributed by atoms with E-state index in [0.717, 1.165) is 54.9 Å². The van der Waals surface area contributed by atoms with Crippen molar-refractivity contribution in [3.05, 3.63) is 53.5 Å². The van der Waals surface area contributed by atoms with Gasteiger partial charge in [0.15, 0.2) is 0 Å². The van der Waals surface area contributed by atoms with Gasteiger partial charge in [0.05, 0.1) is 36.5 Å². The summed E-state index contributed by atoms with van der Waals surface area (Å²) in [5.41, 5.74) is 3.36. The van der Waals surface area contributed by atoms with Crippen LogP contribution in [0.2, 0.25) is 0 Å². The molecule has 5 rings (SSSR count). The monoisotopic (exact) mass is 547 g/mol. The number of hydrogen-bond acceptors (Lipinski definition) is 8. The van der Waals surface area contributed by atoms with Crippen molar-refractivity contribution in [1.29, 1.82) is 5.26 Å². The summed E-state index contributed by atoms with van der Waals surface area (Å²) in [7, 11) is 2.11. The molecule has 0 bridgehead atoms. The Morgan fingerprint density at radius 2 is 2.05 bits per heavy atom. The number of benzene rings is 1. The zero-order chi connectivity index (χ0) is 28.2. The van der Waals surface area contributed by atoms with Crippen LogP contribution in [0.4, 0.5) is 15.9 Å². The molecule has 2 atom stereocenters. The maximum absolute atomic E-state index is 15.0. The van der Waals surface area contributed by atoms with Crippen LogP contribution in [0.15, 0.2) is 30.9 Å². The standard InChI is InChI=1S/C30H38FN7O2/c1-4-27(39)38-17-16-37(18-22(38)12-13-32)29-24-10-7-15-36(28-21(2)8-5-11-25(28)31)19-26(24)33-30(34-29)40-20-23-9-6-14-35(23)3/h4-5,8,11,22-23H,1,6-7,9-10,12,14-20H2,2-3H3/t22-,23-/m0/s1. The third-order valence-electron chi connectivity index (χ3n) is 8.39. The van der Waals surface area contributed by atoms with Crippen molar-refractivity contribution in [1.82, 2.24) is 19.8 Å². The molecule has 0 radical (unpaired) electrons. The van der Waals surface area contributed by atoms with E-state index in [0.29, 0.717) is 57.1 Å². The lowest BCUT2D eigenvalue weighted by molar-refractivity contribution is -0.128. The number of nitrogens with zero attached hydrogens (tertiary/aromatic N) is 7. The Morgan fingerprint density at radius 3 is 2.77 bits per heavy atom. The molecular formula is C30H38FN7O2. The number of carbonyl (C=O) groups is 1. The second-order valence-electron chi connectivity index (χ2n) is 11.0. The first-order valence-electron chi connectivity index (χ1n) is 14.2. The number of likely N-dealkylation sites (N-methyl/N-ethyl adjacent to an activating group) is 1. The van der Waals surface area contributed by atoms with E-state index < -0.39 is 0 Å². The second kappa shape index (κ2) is 12.2. The Balaban J connectivity index is 1.49. The number of piperazine rings is 1. The number of aryl methyl sites for hydroxylation is 1. The fourth-order valence-corrected chi connectivity index (χ4v) is 6.22. The average molecular weight is 548 g/mol. The zero-order valence-electron chi connectivity index (χ0n) is 23.5. The number of fused-ring (bicyclic) bond motifs is 1. The van der Waals surface area contributed by atoms with Gasteiger partial charge in [0.2, 0.25) is 5.91 Å². The van der Waals surface area contributed by atoms with E-state index >= 15 is 0 Å². The fourth-order valence-electron chi connectivity index (χ4n) is 6.22. The molecule has 0 N–H and O–H groups in total. The quantitative estimate of drug-likeness (QED) is 0.487. The van der Waals surface area contributed by atoms with E-state index in [-0.39, 0.29) is 24.2 Å². The number of rotatable bonds is 7. The van der Waals surface area contributed by atoms with E-state index in [4.69, 9.17) is 14.7 Å². The van der Waals surface area contributed by atoms with Crippen molar-refractivity contribution in [2.45, 2.75) is 57.7 Å². The Labute approximate surface area is 235 Å². The van der Waals surface area contributed by atoms with Crippen LogP contribution in [0.5, 0.6) is 6.01 Å². The van der Waals surface area contributed by atoms with Gasteiger partial charge in [-0.05, 0) is 63.9 Å². The number of halogens is 1. The number of carbonyl (C=O) groups excluding carboxylic acids is 1. The lowest BCUT2D eigenvalue weighted by atomic mass is 10.1. The zero-order valence-corrected chi connectivity index (χ0v) is 23.5. The highest BCUT2D eigenvalue weighted by atomic mass is 19.1. The van der Waals surface area contributed by atoms with Crippen LogP contribution in [0.1, 0.15) is 42.5 Å². The molecular weight excluding hydrogens is 509 g/mol. The summed E-state index contributed by atoms with van der Waals surface area (Å²) in [5, 5.41) is 9.48. The topological polar surface area (TPSA) is 88.8 Å². The van der Waals surface area contributed by atoms with Gasteiger partial charge in [0.25, 0.3) is 0 Å². The van der Waals surface area contributed by atoms with Gasteiger partial charge in [-0.2, -0.15) is 15.2 Å².